The molecule has 0 radical (unpaired) electrons. The van der Waals surface area contributed by atoms with Gasteiger partial charge in [-0.3, -0.25) is 4.79 Å². The lowest BCUT2D eigenvalue weighted by Crippen LogP contribution is -2.51. The summed E-state index contributed by atoms with van der Waals surface area (Å²) in [6.07, 6.45) is 0.726. The summed E-state index contributed by atoms with van der Waals surface area (Å²) < 4.78 is 5.98. The Hall–Kier alpha value is -2.02. The molecule has 1 spiro atoms. The maximum Gasteiger partial charge on any atom is 0.241 e. The van der Waals surface area contributed by atoms with E-state index in [9.17, 15) is 4.79 Å². The highest BCUT2D eigenvalue weighted by Gasteiger charge is 2.56. The average molecular weight is 402 g/mol. The second kappa shape index (κ2) is 7.19. The fraction of sp³-hybridized carbons (Fsp3) is 0.300. The molecule has 2 atom stereocenters. The quantitative estimate of drug-likeness (QED) is 0.849. The maximum absolute atomic E-state index is 12.6. The van der Waals surface area contributed by atoms with E-state index in [1.807, 2.05) is 48.5 Å². The molecule has 27 heavy (non-hydrogen) atoms. The van der Waals surface area contributed by atoms with Gasteiger partial charge in [0.25, 0.3) is 0 Å². The fourth-order valence-corrected chi connectivity index (χ4v) is 5.48. The molecule has 2 aliphatic rings. The summed E-state index contributed by atoms with van der Waals surface area (Å²) in [6, 6.07) is 15.4. The molecule has 140 valence electrons. The molecule has 2 aromatic rings. The number of benzene rings is 2. The standard InChI is InChI=1S/C20H20ClN3O2S/c1-13(25)24-20(27-19(23-24)14-5-4-6-16(21)11-14)15(9-10-22)12-26-18-8-3-2-7-17(18)20/h2-8,11,15H,9-10,12,22H2,1H3/t15-,20+/m1/s1. The van der Waals surface area contributed by atoms with Gasteiger partial charge in [0.05, 0.1) is 6.61 Å². The molecule has 2 aromatic carbocycles. The Kier molecular flexibility index (Phi) is 4.88. The molecule has 4 rings (SSSR count). The zero-order valence-electron chi connectivity index (χ0n) is 14.9. The zero-order chi connectivity index (χ0) is 19.0. The van der Waals surface area contributed by atoms with E-state index >= 15 is 0 Å². The first-order valence-electron chi connectivity index (χ1n) is 8.83. The topological polar surface area (TPSA) is 67.9 Å². The Balaban J connectivity index is 1.87. The Labute approximate surface area is 167 Å². The molecule has 0 fully saturated rings. The highest BCUT2D eigenvalue weighted by atomic mass is 35.5. The second-order valence-corrected chi connectivity index (χ2v) is 8.28. The lowest BCUT2D eigenvalue weighted by molar-refractivity contribution is -0.134. The molecule has 0 saturated heterocycles. The van der Waals surface area contributed by atoms with Crippen molar-refractivity contribution in [1.29, 1.82) is 0 Å². The van der Waals surface area contributed by atoms with Crippen LogP contribution in [0.4, 0.5) is 0 Å². The molecule has 5 nitrogen and oxygen atoms in total. The number of carbonyl (C=O) groups is 1. The molecule has 7 heteroatoms. The molecule has 2 aliphatic heterocycles. The third-order valence-electron chi connectivity index (χ3n) is 4.91. The predicted octanol–water partition coefficient (Wildman–Crippen LogP) is 3.81. The fourth-order valence-electron chi connectivity index (χ4n) is 3.74. The highest BCUT2D eigenvalue weighted by molar-refractivity contribution is 8.15. The van der Waals surface area contributed by atoms with E-state index in [-0.39, 0.29) is 11.8 Å². The Bertz CT molecular complexity index is 920. The number of fused-ring (bicyclic) bond motifs is 2. The van der Waals surface area contributed by atoms with Crippen LogP contribution < -0.4 is 10.5 Å². The summed E-state index contributed by atoms with van der Waals surface area (Å²) in [5.74, 6) is 0.692. The van der Waals surface area contributed by atoms with Crippen LogP contribution in [-0.2, 0) is 9.67 Å². The maximum atomic E-state index is 12.6. The van der Waals surface area contributed by atoms with Crippen molar-refractivity contribution in [3.63, 3.8) is 0 Å². The van der Waals surface area contributed by atoms with E-state index in [1.54, 1.807) is 23.7 Å². The van der Waals surface area contributed by atoms with E-state index in [1.165, 1.54) is 0 Å². The Morgan fingerprint density at radius 2 is 2.19 bits per heavy atom. The van der Waals surface area contributed by atoms with Crippen LogP contribution in [0.1, 0.15) is 24.5 Å². The molecule has 2 heterocycles. The van der Waals surface area contributed by atoms with Gasteiger partial charge in [-0.05, 0) is 31.2 Å². The third kappa shape index (κ3) is 3.02. The summed E-state index contributed by atoms with van der Waals surface area (Å²) in [7, 11) is 0. The van der Waals surface area contributed by atoms with Crippen molar-refractivity contribution in [3.05, 3.63) is 64.7 Å². The molecule has 0 bridgehead atoms. The van der Waals surface area contributed by atoms with E-state index in [0.29, 0.717) is 18.2 Å². The molecular formula is C20H20ClN3O2S. The van der Waals surface area contributed by atoms with Crippen molar-refractivity contribution in [3.8, 4) is 5.75 Å². The van der Waals surface area contributed by atoms with Gasteiger partial charge in [0.2, 0.25) is 5.91 Å². The molecule has 1 amide bonds. The lowest BCUT2D eigenvalue weighted by atomic mass is 9.86. The largest absolute Gasteiger partial charge is 0.493 e. The molecular weight excluding hydrogens is 382 g/mol. The molecule has 0 unspecified atom stereocenters. The van der Waals surface area contributed by atoms with Crippen LogP contribution in [0, 0.1) is 5.92 Å². The molecule has 2 N–H and O–H groups in total. The van der Waals surface area contributed by atoms with Crippen LogP contribution in [0.5, 0.6) is 5.75 Å². The van der Waals surface area contributed by atoms with Crippen molar-refractivity contribution >= 4 is 34.3 Å². The summed E-state index contributed by atoms with van der Waals surface area (Å²) >= 11 is 7.76. The van der Waals surface area contributed by atoms with Gasteiger partial charge in [-0.15, -0.1) is 0 Å². The zero-order valence-corrected chi connectivity index (χ0v) is 16.5. The monoisotopic (exact) mass is 401 g/mol. The number of nitrogens with two attached hydrogens (primary N) is 1. The van der Waals surface area contributed by atoms with Crippen LogP contribution in [0.2, 0.25) is 5.02 Å². The number of carbonyl (C=O) groups excluding carboxylic acids is 1. The van der Waals surface area contributed by atoms with Crippen LogP contribution in [0.15, 0.2) is 53.6 Å². The van der Waals surface area contributed by atoms with E-state index in [2.05, 4.69) is 0 Å². The Morgan fingerprint density at radius 3 is 2.93 bits per heavy atom. The second-order valence-electron chi connectivity index (χ2n) is 6.63. The van der Waals surface area contributed by atoms with Crippen molar-refractivity contribution in [2.75, 3.05) is 13.2 Å². The normalized spacial score (nSPS) is 23.7. The van der Waals surface area contributed by atoms with Crippen LogP contribution in [0.3, 0.4) is 0 Å². The number of hydrogen-bond donors (Lipinski definition) is 1. The number of thioether (sulfide) groups is 1. The summed E-state index contributed by atoms with van der Waals surface area (Å²) in [5, 5.41) is 7.73. The van der Waals surface area contributed by atoms with E-state index in [0.717, 1.165) is 28.3 Å². The number of hydrazone groups is 1. The minimum atomic E-state index is -0.669. The van der Waals surface area contributed by atoms with Gasteiger partial charge < -0.3 is 10.5 Å². The van der Waals surface area contributed by atoms with Crippen LogP contribution in [0.25, 0.3) is 0 Å². The van der Waals surface area contributed by atoms with Gasteiger partial charge in [0, 0.05) is 29.0 Å². The number of nitrogens with zero attached hydrogens (tertiary/aromatic N) is 2. The summed E-state index contributed by atoms with van der Waals surface area (Å²) in [4.78, 5) is 12.0. The first-order chi connectivity index (χ1) is 13.1. The van der Waals surface area contributed by atoms with Gasteiger partial charge >= 0.3 is 0 Å². The van der Waals surface area contributed by atoms with Crippen molar-refractivity contribution in [2.45, 2.75) is 18.2 Å². The highest BCUT2D eigenvalue weighted by Crippen LogP contribution is 2.57. The Morgan fingerprint density at radius 1 is 1.37 bits per heavy atom. The van der Waals surface area contributed by atoms with Crippen LogP contribution in [-0.4, -0.2) is 29.1 Å². The smallest absolute Gasteiger partial charge is 0.241 e. The third-order valence-corrected chi connectivity index (χ3v) is 6.69. The van der Waals surface area contributed by atoms with Crippen molar-refractivity contribution in [2.24, 2.45) is 16.8 Å². The van der Waals surface area contributed by atoms with Crippen molar-refractivity contribution in [1.82, 2.24) is 5.01 Å². The SMILES string of the molecule is CC(=O)N1N=C(c2cccc(Cl)c2)S[C@@]12c1ccccc1OC[C@H]2CCN. The number of hydrogen-bond acceptors (Lipinski definition) is 5. The van der Waals surface area contributed by atoms with Gasteiger partial charge in [-0.2, -0.15) is 5.10 Å². The number of rotatable bonds is 3. The van der Waals surface area contributed by atoms with Gasteiger partial charge in [0.15, 0.2) is 4.87 Å². The summed E-state index contributed by atoms with van der Waals surface area (Å²) in [6.45, 7) is 2.55. The minimum absolute atomic E-state index is 0.0201. The minimum Gasteiger partial charge on any atom is -0.493 e. The molecule has 0 aromatic heterocycles. The van der Waals surface area contributed by atoms with E-state index in [4.69, 9.17) is 27.2 Å². The molecule has 0 saturated carbocycles. The van der Waals surface area contributed by atoms with Crippen molar-refractivity contribution < 1.29 is 9.53 Å². The van der Waals surface area contributed by atoms with Gasteiger partial charge in [0.1, 0.15) is 10.8 Å². The summed E-state index contributed by atoms with van der Waals surface area (Å²) in [5.41, 5.74) is 7.74. The van der Waals surface area contributed by atoms with E-state index < -0.39 is 4.87 Å². The average Bonchev–Trinajstić information content (AvgIpc) is 3.06. The first kappa shape index (κ1) is 18.3. The van der Waals surface area contributed by atoms with Gasteiger partial charge in [-0.25, -0.2) is 5.01 Å². The number of para-hydroxylation sites is 1. The molecule has 0 aliphatic carbocycles. The van der Waals surface area contributed by atoms with Crippen LogP contribution >= 0.6 is 23.4 Å². The number of ether oxygens (including phenoxy) is 1. The number of halogens is 1. The predicted molar refractivity (Wildman–Crippen MR) is 109 cm³/mol. The number of amides is 1. The van der Waals surface area contributed by atoms with Gasteiger partial charge in [-0.1, -0.05) is 53.7 Å². The first-order valence-corrected chi connectivity index (χ1v) is 10.0. The lowest BCUT2D eigenvalue weighted by Gasteiger charge is -2.45.